The van der Waals surface area contributed by atoms with Crippen molar-refractivity contribution in [1.82, 2.24) is 15.2 Å². The van der Waals surface area contributed by atoms with E-state index in [1.807, 2.05) is 0 Å². The van der Waals surface area contributed by atoms with Crippen LogP contribution in [0, 0.1) is 10.1 Å². The van der Waals surface area contributed by atoms with Crippen LogP contribution in [-0.2, 0) is 0 Å². The van der Waals surface area contributed by atoms with Crippen molar-refractivity contribution in [3.8, 4) is 11.4 Å². The van der Waals surface area contributed by atoms with Gasteiger partial charge in [0.2, 0.25) is 0 Å². The molecule has 16 heavy (non-hydrogen) atoms. The van der Waals surface area contributed by atoms with Gasteiger partial charge in [0.1, 0.15) is 0 Å². The van der Waals surface area contributed by atoms with Crippen LogP contribution in [0.15, 0.2) is 23.0 Å². The third kappa shape index (κ3) is 1.63. The number of benzene rings is 1. The Morgan fingerprint density at radius 1 is 1.44 bits per heavy atom. The van der Waals surface area contributed by atoms with Gasteiger partial charge in [0, 0.05) is 23.4 Å². The SMILES string of the molecule is Nc1cc([N+](=O)[O-])ccc1-c1n[nH]c(=O)[nH]1. The van der Waals surface area contributed by atoms with Crippen molar-refractivity contribution in [2.45, 2.75) is 0 Å². The number of hydrogen-bond donors (Lipinski definition) is 3. The summed E-state index contributed by atoms with van der Waals surface area (Å²) in [5.41, 5.74) is 5.66. The van der Waals surface area contributed by atoms with Gasteiger partial charge < -0.3 is 5.73 Å². The second-order valence-corrected chi connectivity index (χ2v) is 3.06. The van der Waals surface area contributed by atoms with Crippen molar-refractivity contribution in [3.63, 3.8) is 0 Å². The molecule has 0 amide bonds. The van der Waals surface area contributed by atoms with E-state index in [9.17, 15) is 14.9 Å². The van der Waals surface area contributed by atoms with Crippen LogP contribution < -0.4 is 11.4 Å². The molecule has 8 nitrogen and oxygen atoms in total. The molecule has 0 saturated heterocycles. The van der Waals surface area contributed by atoms with Crippen molar-refractivity contribution < 1.29 is 4.92 Å². The first kappa shape index (κ1) is 9.90. The molecule has 1 aromatic heterocycles. The lowest BCUT2D eigenvalue weighted by Crippen LogP contribution is -2.00. The number of rotatable bonds is 2. The number of H-pyrrole nitrogens is 2. The van der Waals surface area contributed by atoms with Gasteiger partial charge in [0.05, 0.1) is 4.92 Å². The molecule has 0 fully saturated rings. The van der Waals surface area contributed by atoms with E-state index in [0.29, 0.717) is 5.56 Å². The van der Waals surface area contributed by atoms with Crippen LogP contribution in [-0.4, -0.2) is 20.1 Å². The minimum absolute atomic E-state index is 0.112. The van der Waals surface area contributed by atoms with Crippen LogP contribution in [0.4, 0.5) is 11.4 Å². The molecular formula is C8H7N5O3. The van der Waals surface area contributed by atoms with Gasteiger partial charge in [-0.05, 0) is 6.07 Å². The molecule has 4 N–H and O–H groups in total. The lowest BCUT2D eigenvalue weighted by molar-refractivity contribution is -0.384. The van der Waals surface area contributed by atoms with E-state index in [4.69, 9.17) is 5.73 Å². The summed E-state index contributed by atoms with van der Waals surface area (Å²) in [5.74, 6) is 0.248. The van der Waals surface area contributed by atoms with Gasteiger partial charge >= 0.3 is 5.69 Å². The fourth-order valence-corrected chi connectivity index (χ4v) is 1.28. The summed E-state index contributed by atoms with van der Waals surface area (Å²) >= 11 is 0. The van der Waals surface area contributed by atoms with Gasteiger partial charge in [-0.1, -0.05) is 0 Å². The molecule has 0 saturated carbocycles. The van der Waals surface area contributed by atoms with E-state index in [1.54, 1.807) is 0 Å². The summed E-state index contributed by atoms with van der Waals surface area (Å²) in [6.45, 7) is 0. The smallest absolute Gasteiger partial charge is 0.340 e. The zero-order valence-electron chi connectivity index (χ0n) is 7.93. The molecule has 0 aliphatic carbocycles. The van der Waals surface area contributed by atoms with E-state index in [2.05, 4.69) is 15.2 Å². The molecule has 2 rings (SSSR count). The van der Waals surface area contributed by atoms with Crippen molar-refractivity contribution in [3.05, 3.63) is 38.8 Å². The Morgan fingerprint density at radius 3 is 2.69 bits per heavy atom. The number of nitro benzene ring substituents is 1. The average Bonchev–Trinajstić information content (AvgIpc) is 2.64. The molecule has 1 aromatic carbocycles. The highest BCUT2D eigenvalue weighted by Crippen LogP contribution is 2.25. The third-order valence-electron chi connectivity index (χ3n) is 2.00. The molecule has 2 aromatic rings. The maximum Gasteiger partial charge on any atom is 0.340 e. The topological polar surface area (TPSA) is 131 Å². The molecule has 0 unspecified atom stereocenters. The quantitative estimate of drug-likeness (QED) is 0.380. The van der Waals surface area contributed by atoms with Crippen molar-refractivity contribution >= 4 is 11.4 Å². The van der Waals surface area contributed by atoms with E-state index in [1.165, 1.54) is 18.2 Å². The van der Waals surface area contributed by atoms with Gasteiger partial charge in [-0.2, -0.15) is 5.10 Å². The fourth-order valence-electron chi connectivity index (χ4n) is 1.28. The van der Waals surface area contributed by atoms with Gasteiger partial charge in [-0.3, -0.25) is 15.1 Å². The van der Waals surface area contributed by atoms with Gasteiger partial charge in [0.15, 0.2) is 5.82 Å². The summed E-state index contributed by atoms with van der Waals surface area (Å²) in [6.07, 6.45) is 0. The normalized spacial score (nSPS) is 10.2. The molecule has 0 radical (unpaired) electrons. The highest BCUT2D eigenvalue weighted by atomic mass is 16.6. The Balaban J connectivity index is 2.51. The highest BCUT2D eigenvalue weighted by Gasteiger charge is 2.11. The van der Waals surface area contributed by atoms with Crippen LogP contribution in [0.2, 0.25) is 0 Å². The Bertz CT molecular complexity index is 600. The van der Waals surface area contributed by atoms with Crippen molar-refractivity contribution in [2.24, 2.45) is 0 Å². The average molecular weight is 221 g/mol. The van der Waals surface area contributed by atoms with Gasteiger partial charge in [0.25, 0.3) is 5.69 Å². The number of nitro groups is 1. The first-order valence-electron chi connectivity index (χ1n) is 4.27. The Morgan fingerprint density at radius 2 is 2.19 bits per heavy atom. The molecule has 82 valence electrons. The lowest BCUT2D eigenvalue weighted by atomic mass is 10.1. The summed E-state index contributed by atoms with van der Waals surface area (Å²) in [6, 6.07) is 3.93. The Labute approximate surface area is 88.3 Å². The number of nitrogens with two attached hydrogens (primary N) is 1. The number of nitrogen functional groups attached to an aromatic ring is 1. The monoisotopic (exact) mass is 221 g/mol. The van der Waals surface area contributed by atoms with Crippen LogP contribution in [0.1, 0.15) is 0 Å². The Kier molecular flexibility index (Phi) is 2.16. The first-order valence-corrected chi connectivity index (χ1v) is 4.27. The number of non-ortho nitro benzene ring substituents is 1. The molecule has 0 aliphatic rings. The zero-order valence-corrected chi connectivity index (χ0v) is 7.93. The number of anilines is 1. The molecule has 0 atom stereocenters. The number of aromatic amines is 2. The number of nitrogens with one attached hydrogen (secondary N) is 2. The van der Waals surface area contributed by atoms with Crippen LogP contribution in [0.5, 0.6) is 0 Å². The zero-order chi connectivity index (χ0) is 11.7. The number of nitrogens with zero attached hydrogens (tertiary/aromatic N) is 2. The molecule has 8 heteroatoms. The van der Waals surface area contributed by atoms with Crippen molar-refractivity contribution in [1.29, 1.82) is 0 Å². The van der Waals surface area contributed by atoms with E-state index in [0.717, 1.165) is 0 Å². The van der Waals surface area contributed by atoms with Crippen molar-refractivity contribution in [2.75, 3.05) is 5.73 Å². The summed E-state index contributed by atoms with van der Waals surface area (Å²) in [4.78, 5) is 23.2. The second kappa shape index (κ2) is 3.50. The van der Waals surface area contributed by atoms with Crippen LogP contribution >= 0.6 is 0 Å². The third-order valence-corrected chi connectivity index (χ3v) is 2.00. The maximum atomic E-state index is 10.8. The minimum atomic E-state index is -0.548. The first-order chi connectivity index (χ1) is 7.58. The molecule has 0 bridgehead atoms. The molecule has 1 heterocycles. The highest BCUT2D eigenvalue weighted by molar-refractivity contribution is 5.73. The predicted octanol–water partition coefficient (Wildman–Crippen LogP) is 0.255. The predicted molar refractivity (Wildman–Crippen MR) is 55.7 cm³/mol. The second-order valence-electron chi connectivity index (χ2n) is 3.06. The standard InChI is InChI=1S/C8H7N5O3/c9-6-3-4(13(15)16)1-2-5(6)7-10-8(14)12-11-7/h1-3H,9H2,(H2,10,11,12,14). The van der Waals surface area contributed by atoms with Crippen LogP contribution in [0.25, 0.3) is 11.4 Å². The lowest BCUT2D eigenvalue weighted by Gasteiger charge is -2.00. The molecular weight excluding hydrogens is 214 g/mol. The molecule has 0 spiro atoms. The Hall–Kier alpha value is -2.64. The largest absolute Gasteiger partial charge is 0.398 e. The van der Waals surface area contributed by atoms with Crippen LogP contribution in [0.3, 0.4) is 0 Å². The summed E-state index contributed by atoms with van der Waals surface area (Å²) in [7, 11) is 0. The molecule has 0 aliphatic heterocycles. The minimum Gasteiger partial charge on any atom is -0.398 e. The number of aromatic nitrogens is 3. The van der Waals surface area contributed by atoms with E-state index >= 15 is 0 Å². The van der Waals surface area contributed by atoms with E-state index < -0.39 is 10.6 Å². The summed E-state index contributed by atoms with van der Waals surface area (Å²) in [5, 5.41) is 16.3. The maximum absolute atomic E-state index is 10.8. The number of hydrogen-bond acceptors (Lipinski definition) is 5. The van der Waals surface area contributed by atoms with E-state index in [-0.39, 0.29) is 17.2 Å². The summed E-state index contributed by atoms with van der Waals surface area (Å²) < 4.78 is 0. The fraction of sp³-hybridized carbons (Fsp3) is 0. The van der Waals surface area contributed by atoms with Gasteiger partial charge in [-0.25, -0.2) is 9.89 Å². The van der Waals surface area contributed by atoms with Gasteiger partial charge in [-0.15, -0.1) is 0 Å².